The SMILES string of the molecule is COC(=O)C1=C2Nc3ccccc3[C@@]23CCN2CC[C@@H]4OC(=O)C[C@]4(C1)[C@H]23. The van der Waals surface area contributed by atoms with Gasteiger partial charge in [-0.25, -0.2) is 4.79 Å². The number of fused-ring (bicyclic) bond motifs is 1. The molecule has 1 aromatic rings. The number of ether oxygens (including phenoxy) is 2. The number of benzene rings is 1. The summed E-state index contributed by atoms with van der Waals surface area (Å²) in [5, 5.41) is 3.57. The van der Waals surface area contributed by atoms with Crippen LogP contribution in [0.1, 0.15) is 31.2 Å². The summed E-state index contributed by atoms with van der Waals surface area (Å²) in [7, 11) is 1.43. The molecule has 5 aliphatic rings. The molecule has 0 radical (unpaired) electrons. The van der Waals surface area contributed by atoms with E-state index in [1.807, 2.05) is 6.07 Å². The van der Waals surface area contributed by atoms with E-state index in [1.54, 1.807) is 0 Å². The van der Waals surface area contributed by atoms with Gasteiger partial charge in [-0.1, -0.05) is 18.2 Å². The summed E-state index contributed by atoms with van der Waals surface area (Å²) in [6.07, 6.45) is 2.60. The van der Waals surface area contributed by atoms with Gasteiger partial charge in [-0.05, 0) is 37.4 Å². The fraction of sp³-hybridized carbons (Fsp3) is 0.524. The largest absolute Gasteiger partial charge is 0.466 e. The maximum absolute atomic E-state index is 12.8. The van der Waals surface area contributed by atoms with E-state index in [4.69, 9.17) is 9.47 Å². The van der Waals surface area contributed by atoms with Gasteiger partial charge < -0.3 is 14.8 Å². The summed E-state index contributed by atoms with van der Waals surface area (Å²) in [4.78, 5) is 27.7. The minimum atomic E-state index is -0.349. The number of para-hydroxylation sites is 1. The zero-order valence-electron chi connectivity index (χ0n) is 15.3. The molecule has 0 unspecified atom stereocenters. The average Bonchev–Trinajstić information content (AvgIpc) is 3.33. The molecule has 140 valence electrons. The highest BCUT2D eigenvalue weighted by Crippen LogP contribution is 2.66. The lowest BCUT2D eigenvalue weighted by molar-refractivity contribution is -0.144. The first-order chi connectivity index (χ1) is 13.1. The molecular weight excluding hydrogens is 344 g/mol. The number of hydrogen-bond donors (Lipinski definition) is 1. The fourth-order valence-corrected chi connectivity index (χ4v) is 6.83. The normalized spacial score (nSPS) is 38.5. The minimum Gasteiger partial charge on any atom is -0.466 e. The number of anilines is 1. The first-order valence-corrected chi connectivity index (χ1v) is 9.72. The molecule has 6 rings (SSSR count). The van der Waals surface area contributed by atoms with Crippen molar-refractivity contribution in [3.63, 3.8) is 0 Å². The molecule has 1 N–H and O–H groups in total. The number of methoxy groups -OCH3 is 1. The van der Waals surface area contributed by atoms with Crippen molar-refractivity contribution in [2.45, 2.75) is 43.2 Å². The van der Waals surface area contributed by atoms with Crippen LogP contribution in [0.4, 0.5) is 5.69 Å². The molecule has 0 amide bonds. The van der Waals surface area contributed by atoms with Crippen LogP contribution in [0.2, 0.25) is 0 Å². The highest BCUT2D eigenvalue weighted by atomic mass is 16.6. The number of carbonyl (C=O) groups excluding carboxylic acids is 2. The van der Waals surface area contributed by atoms with Gasteiger partial charge in [0.15, 0.2) is 0 Å². The van der Waals surface area contributed by atoms with Crippen LogP contribution >= 0.6 is 0 Å². The second-order valence-corrected chi connectivity index (χ2v) is 8.53. The Morgan fingerprint density at radius 2 is 2.15 bits per heavy atom. The number of nitrogens with zero attached hydrogens (tertiary/aromatic N) is 1. The van der Waals surface area contributed by atoms with Gasteiger partial charge >= 0.3 is 11.9 Å². The van der Waals surface area contributed by atoms with E-state index in [0.29, 0.717) is 18.4 Å². The molecule has 0 saturated carbocycles. The zero-order chi connectivity index (χ0) is 18.4. The van der Waals surface area contributed by atoms with Crippen molar-refractivity contribution in [1.29, 1.82) is 0 Å². The van der Waals surface area contributed by atoms with Crippen LogP contribution in [0.5, 0.6) is 0 Å². The predicted molar refractivity (Wildman–Crippen MR) is 96.9 cm³/mol. The first kappa shape index (κ1) is 15.7. The monoisotopic (exact) mass is 366 g/mol. The van der Waals surface area contributed by atoms with E-state index < -0.39 is 0 Å². The van der Waals surface area contributed by atoms with Crippen LogP contribution in [-0.4, -0.2) is 49.2 Å². The highest BCUT2D eigenvalue weighted by molar-refractivity contribution is 5.93. The molecule has 2 spiro atoms. The number of piperidine rings is 1. The number of nitrogens with one attached hydrogen (secondary N) is 1. The van der Waals surface area contributed by atoms with E-state index in [2.05, 4.69) is 28.4 Å². The molecule has 3 fully saturated rings. The Bertz CT molecular complexity index is 925. The topological polar surface area (TPSA) is 67.9 Å². The van der Waals surface area contributed by atoms with Gasteiger partial charge in [-0.3, -0.25) is 9.69 Å². The van der Waals surface area contributed by atoms with Crippen molar-refractivity contribution in [3.05, 3.63) is 41.1 Å². The van der Waals surface area contributed by atoms with E-state index in [0.717, 1.165) is 37.3 Å². The standard InChI is InChI=1S/C21H22N2O4/c1-26-18(25)12-10-20-11-16(24)27-15(20)6-8-23-9-7-21(19(20)23)13-4-2-3-5-14(13)22-17(12)21/h2-5,15,19,22H,6-11H2,1H3/t15-,19-,20-,21-/m0/s1. The summed E-state index contributed by atoms with van der Waals surface area (Å²) < 4.78 is 11.0. The molecule has 6 nitrogen and oxygen atoms in total. The second kappa shape index (κ2) is 4.93. The van der Waals surface area contributed by atoms with Crippen LogP contribution in [0, 0.1) is 5.41 Å². The lowest BCUT2D eigenvalue weighted by Gasteiger charge is -2.55. The van der Waals surface area contributed by atoms with E-state index in [1.165, 1.54) is 12.7 Å². The lowest BCUT2D eigenvalue weighted by atomic mass is 9.53. The van der Waals surface area contributed by atoms with Crippen molar-refractivity contribution >= 4 is 17.6 Å². The zero-order valence-corrected chi connectivity index (χ0v) is 15.3. The lowest BCUT2D eigenvalue weighted by Crippen LogP contribution is -2.63. The highest BCUT2D eigenvalue weighted by Gasteiger charge is 2.71. The van der Waals surface area contributed by atoms with Gasteiger partial charge in [-0.15, -0.1) is 0 Å². The molecule has 27 heavy (non-hydrogen) atoms. The van der Waals surface area contributed by atoms with Crippen LogP contribution in [-0.2, 0) is 24.5 Å². The van der Waals surface area contributed by atoms with Crippen molar-refractivity contribution in [2.75, 3.05) is 25.5 Å². The van der Waals surface area contributed by atoms with Crippen molar-refractivity contribution < 1.29 is 19.1 Å². The Hall–Kier alpha value is -2.34. The fourth-order valence-electron chi connectivity index (χ4n) is 6.83. The second-order valence-electron chi connectivity index (χ2n) is 8.53. The molecule has 4 heterocycles. The Kier molecular flexibility index (Phi) is 2.86. The van der Waals surface area contributed by atoms with Crippen LogP contribution in [0.3, 0.4) is 0 Å². The van der Waals surface area contributed by atoms with Crippen LogP contribution in [0.15, 0.2) is 35.5 Å². The number of rotatable bonds is 1. The average molecular weight is 366 g/mol. The number of hydrogen-bond acceptors (Lipinski definition) is 6. The van der Waals surface area contributed by atoms with Crippen LogP contribution in [0.25, 0.3) is 0 Å². The quantitative estimate of drug-likeness (QED) is 0.767. The molecule has 1 aliphatic carbocycles. The van der Waals surface area contributed by atoms with Crippen molar-refractivity contribution in [3.8, 4) is 0 Å². The number of esters is 2. The Morgan fingerprint density at radius 3 is 3.00 bits per heavy atom. The molecular formula is C21H22N2O4. The third-order valence-electron chi connectivity index (χ3n) is 7.59. The van der Waals surface area contributed by atoms with Crippen molar-refractivity contribution in [2.24, 2.45) is 5.41 Å². The van der Waals surface area contributed by atoms with E-state index in [-0.39, 0.29) is 34.9 Å². The van der Waals surface area contributed by atoms with Gasteiger partial charge in [-0.2, -0.15) is 0 Å². The molecule has 6 heteroatoms. The molecule has 1 aromatic carbocycles. The van der Waals surface area contributed by atoms with E-state index >= 15 is 0 Å². The first-order valence-electron chi connectivity index (χ1n) is 9.72. The molecule has 4 aliphatic heterocycles. The summed E-state index contributed by atoms with van der Waals surface area (Å²) in [6, 6.07) is 8.52. The Morgan fingerprint density at radius 1 is 1.30 bits per heavy atom. The predicted octanol–water partition coefficient (Wildman–Crippen LogP) is 1.96. The molecule has 0 bridgehead atoms. The summed E-state index contributed by atoms with van der Waals surface area (Å²) in [6.45, 7) is 1.91. The maximum atomic E-state index is 12.8. The van der Waals surface area contributed by atoms with Gasteiger partial charge in [0.2, 0.25) is 0 Å². The minimum absolute atomic E-state index is 0.116. The van der Waals surface area contributed by atoms with Gasteiger partial charge in [0.25, 0.3) is 0 Å². The van der Waals surface area contributed by atoms with E-state index in [9.17, 15) is 9.59 Å². The summed E-state index contributed by atoms with van der Waals surface area (Å²) >= 11 is 0. The third-order valence-corrected chi connectivity index (χ3v) is 7.59. The van der Waals surface area contributed by atoms with Gasteiger partial charge in [0, 0.05) is 29.4 Å². The third kappa shape index (κ3) is 1.66. The molecule has 4 atom stereocenters. The van der Waals surface area contributed by atoms with Gasteiger partial charge in [0.1, 0.15) is 6.10 Å². The molecule has 0 aromatic heterocycles. The smallest absolute Gasteiger partial charge is 0.335 e. The Labute approximate surface area is 157 Å². The molecule has 3 saturated heterocycles. The number of carbonyl (C=O) groups is 2. The van der Waals surface area contributed by atoms with Crippen LogP contribution < -0.4 is 5.32 Å². The van der Waals surface area contributed by atoms with Crippen molar-refractivity contribution in [1.82, 2.24) is 4.90 Å². The maximum Gasteiger partial charge on any atom is 0.335 e. The Balaban J connectivity index is 1.66. The summed E-state index contributed by atoms with van der Waals surface area (Å²) in [5.41, 5.74) is 3.36. The summed E-state index contributed by atoms with van der Waals surface area (Å²) in [5.74, 6) is -0.421. The van der Waals surface area contributed by atoms with Gasteiger partial charge in [0.05, 0.1) is 24.5 Å².